The lowest BCUT2D eigenvalue weighted by Gasteiger charge is -2.56. The first kappa shape index (κ1) is 12.0. The molecule has 0 spiro atoms. The summed E-state index contributed by atoms with van der Waals surface area (Å²) >= 11 is 0. The first-order chi connectivity index (χ1) is 9.35. The number of hydrogen-bond donors (Lipinski definition) is 1. The molecule has 2 heteroatoms. The Labute approximate surface area is 116 Å². The highest BCUT2D eigenvalue weighted by Crippen LogP contribution is 2.59. The van der Waals surface area contributed by atoms with E-state index < -0.39 is 0 Å². The van der Waals surface area contributed by atoms with E-state index in [0.717, 1.165) is 36.1 Å². The standard InChI is InChI=1S/C17H25NO/c1-18-10-15(16-3-2-4-19-16)17-13-6-11-5-12(8-13)9-14(17)7-11/h2-4,11-15,17-18H,5-10H2,1H3. The van der Waals surface area contributed by atoms with Crippen molar-refractivity contribution < 1.29 is 4.42 Å². The predicted molar refractivity (Wildman–Crippen MR) is 75.9 cm³/mol. The fourth-order valence-corrected chi connectivity index (χ4v) is 5.77. The molecule has 4 fully saturated rings. The van der Waals surface area contributed by atoms with Crippen LogP contribution in [0.4, 0.5) is 0 Å². The molecule has 4 saturated carbocycles. The maximum atomic E-state index is 5.76. The second-order valence-corrected chi connectivity index (χ2v) is 7.19. The van der Waals surface area contributed by atoms with E-state index in [4.69, 9.17) is 4.42 Å². The summed E-state index contributed by atoms with van der Waals surface area (Å²) in [6.45, 7) is 1.07. The highest BCUT2D eigenvalue weighted by atomic mass is 16.3. The molecule has 0 aromatic carbocycles. The van der Waals surface area contributed by atoms with Crippen LogP contribution in [-0.4, -0.2) is 13.6 Å². The molecule has 1 aromatic heterocycles. The van der Waals surface area contributed by atoms with Gasteiger partial charge in [0.25, 0.3) is 0 Å². The van der Waals surface area contributed by atoms with Crippen LogP contribution in [0.25, 0.3) is 0 Å². The van der Waals surface area contributed by atoms with Gasteiger partial charge in [0.05, 0.1) is 6.26 Å². The van der Waals surface area contributed by atoms with Gasteiger partial charge in [-0.15, -0.1) is 0 Å². The van der Waals surface area contributed by atoms with Crippen LogP contribution in [0.2, 0.25) is 0 Å². The highest BCUT2D eigenvalue weighted by Gasteiger charge is 2.50. The van der Waals surface area contributed by atoms with Crippen LogP contribution >= 0.6 is 0 Å². The summed E-state index contributed by atoms with van der Waals surface area (Å²) in [5, 5.41) is 3.41. The molecule has 1 unspecified atom stereocenters. The molecule has 104 valence electrons. The van der Waals surface area contributed by atoms with Gasteiger partial charge in [-0.2, -0.15) is 0 Å². The van der Waals surface area contributed by atoms with Crippen molar-refractivity contribution in [2.45, 2.75) is 38.0 Å². The van der Waals surface area contributed by atoms with Gasteiger partial charge in [-0.3, -0.25) is 0 Å². The van der Waals surface area contributed by atoms with E-state index >= 15 is 0 Å². The normalized spacial score (nSPS) is 41.6. The third-order valence-electron chi connectivity index (χ3n) is 6.10. The second-order valence-electron chi connectivity index (χ2n) is 7.19. The summed E-state index contributed by atoms with van der Waals surface area (Å²) in [5.41, 5.74) is 0. The van der Waals surface area contributed by atoms with Crippen molar-refractivity contribution in [1.29, 1.82) is 0 Å². The highest BCUT2D eigenvalue weighted by molar-refractivity contribution is 5.12. The molecule has 19 heavy (non-hydrogen) atoms. The zero-order valence-electron chi connectivity index (χ0n) is 11.8. The summed E-state index contributed by atoms with van der Waals surface area (Å²) in [4.78, 5) is 0. The lowest BCUT2D eigenvalue weighted by atomic mass is 9.49. The van der Waals surface area contributed by atoms with Gasteiger partial charge in [0.1, 0.15) is 5.76 Å². The fraction of sp³-hybridized carbons (Fsp3) is 0.765. The minimum absolute atomic E-state index is 0.593. The lowest BCUT2D eigenvalue weighted by molar-refractivity contribution is -0.0499. The van der Waals surface area contributed by atoms with Crippen LogP contribution in [0.5, 0.6) is 0 Å². The molecule has 4 aliphatic rings. The van der Waals surface area contributed by atoms with Gasteiger partial charge in [-0.05, 0) is 80.9 Å². The van der Waals surface area contributed by atoms with E-state index in [1.807, 2.05) is 12.3 Å². The minimum atomic E-state index is 0.593. The van der Waals surface area contributed by atoms with Crippen molar-refractivity contribution in [1.82, 2.24) is 5.32 Å². The van der Waals surface area contributed by atoms with E-state index in [0.29, 0.717) is 5.92 Å². The van der Waals surface area contributed by atoms with Gasteiger partial charge >= 0.3 is 0 Å². The minimum Gasteiger partial charge on any atom is -0.469 e. The Morgan fingerprint density at radius 3 is 2.37 bits per heavy atom. The topological polar surface area (TPSA) is 25.2 Å². The van der Waals surface area contributed by atoms with Crippen LogP contribution in [0, 0.1) is 29.6 Å². The number of furan rings is 1. The van der Waals surface area contributed by atoms with Gasteiger partial charge in [0, 0.05) is 12.5 Å². The third kappa shape index (κ3) is 1.96. The molecule has 1 aromatic rings. The zero-order chi connectivity index (χ0) is 12.8. The Balaban J connectivity index is 1.62. The Morgan fingerprint density at radius 2 is 1.84 bits per heavy atom. The van der Waals surface area contributed by atoms with E-state index in [-0.39, 0.29) is 0 Å². The van der Waals surface area contributed by atoms with Crippen LogP contribution in [-0.2, 0) is 0 Å². The fourth-order valence-electron chi connectivity index (χ4n) is 5.77. The van der Waals surface area contributed by atoms with Gasteiger partial charge in [-0.1, -0.05) is 0 Å². The van der Waals surface area contributed by atoms with Gasteiger partial charge in [0.15, 0.2) is 0 Å². The van der Waals surface area contributed by atoms with E-state index in [1.165, 1.54) is 37.9 Å². The molecule has 0 radical (unpaired) electrons. The average molecular weight is 259 g/mol. The molecular weight excluding hydrogens is 234 g/mol. The van der Waals surface area contributed by atoms with Crippen molar-refractivity contribution in [2.75, 3.05) is 13.6 Å². The van der Waals surface area contributed by atoms with Crippen LogP contribution in [0.3, 0.4) is 0 Å². The first-order valence-corrected chi connectivity index (χ1v) is 8.03. The zero-order valence-corrected chi connectivity index (χ0v) is 11.8. The monoisotopic (exact) mass is 259 g/mol. The van der Waals surface area contributed by atoms with Crippen LogP contribution < -0.4 is 5.32 Å². The van der Waals surface area contributed by atoms with E-state index in [2.05, 4.69) is 18.4 Å². The summed E-state index contributed by atoms with van der Waals surface area (Å²) in [7, 11) is 2.08. The van der Waals surface area contributed by atoms with E-state index in [9.17, 15) is 0 Å². The van der Waals surface area contributed by atoms with Gasteiger partial charge in [0.2, 0.25) is 0 Å². The molecule has 1 atom stereocenters. The van der Waals surface area contributed by atoms with E-state index in [1.54, 1.807) is 0 Å². The SMILES string of the molecule is CNCC(c1ccco1)C1C2CC3CC(C2)CC1C3. The molecule has 0 amide bonds. The molecule has 1 heterocycles. The molecule has 2 nitrogen and oxygen atoms in total. The van der Waals surface area contributed by atoms with Crippen molar-refractivity contribution in [3.05, 3.63) is 24.2 Å². The quantitative estimate of drug-likeness (QED) is 0.892. The largest absolute Gasteiger partial charge is 0.469 e. The van der Waals surface area contributed by atoms with Crippen molar-refractivity contribution in [3.63, 3.8) is 0 Å². The summed E-state index contributed by atoms with van der Waals surface area (Å²) in [6.07, 6.45) is 9.37. The maximum Gasteiger partial charge on any atom is 0.108 e. The molecular formula is C17H25NO. The Hall–Kier alpha value is -0.760. The van der Waals surface area contributed by atoms with Gasteiger partial charge in [-0.25, -0.2) is 0 Å². The van der Waals surface area contributed by atoms with Crippen molar-refractivity contribution in [2.24, 2.45) is 29.6 Å². The number of nitrogens with one attached hydrogen (secondary N) is 1. The second kappa shape index (κ2) is 4.66. The third-order valence-corrected chi connectivity index (χ3v) is 6.10. The molecule has 1 N–H and O–H groups in total. The molecule has 5 rings (SSSR count). The number of hydrogen-bond acceptors (Lipinski definition) is 2. The van der Waals surface area contributed by atoms with Gasteiger partial charge < -0.3 is 9.73 Å². The Bertz CT molecular complexity index is 396. The Kier molecular flexibility index (Phi) is 2.95. The van der Waals surface area contributed by atoms with Crippen molar-refractivity contribution in [3.8, 4) is 0 Å². The molecule has 4 aliphatic carbocycles. The maximum absolute atomic E-state index is 5.76. The predicted octanol–water partition coefficient (Wildman–Crippen LogP) is 3.65. The summed E-state index contributed by atoms with van der Waals surface area (Å²) in [6, 6.07) is 4.24. The Morgan fingerprint density at radius 1 is 1.16 bits per heavy atom. The van der Waals surface area contributed by atoms with Crippen LogP contribution in [0.15, 0.2) is 22.8 Å². The molecule has 0 saturated heterocycles. The smallest absolute Gasteiger partial charge is 0.108 e. The number of likely N-dealkylation sites (N-methyl/N-ethyl adjacent to an activating group) is 1. The van der Waals surface area contributed by atoms with Crippen LogP contribution in [0.1, 0.15) is 43.8 Å². The lowest BCUT2D eigenvalue weighted by Crippen LogP contribution is -2.48. The summed E-state index contributed by atoms with van der Waals surface area (Å²) < 4.78 is 5.76. The molecule has 0 aliphatic heterocycles. The average Bonchev–Trinajstić information content (AvgIpc) is 2.89. The molecule has 4 bridgehead atoms. The van der Waals surface area contributed by atoms with Crippen molar-refractivity contribution >= 4 is 0 Å². The first-order valence-electron chi connectivity index (χ1n) is 8.03. The number of rotatable bonds is 4. The summed E-state index contributed by atoms with van der Waals surface area (Å²) in [5.74, 6) is 6.74.